The first-order valence-corrected chi connectivity index (χ1v) is 8.43. The Balaban J connectivity index is 1.66. The third-order valence-corrected chi connectivity index (χ3v) is 4.60. The lowest BCUT2D eigenvalue weighted by Gasteiger charge is -2.31. The molecule has 6 heteroatoms. The highest BCUT2D eigenvalue weighted by molar-refractivity contribution is 5.88. The van der Waals surface area contributed by atoms with E-state index in [1.807, 2.05) is 4.90 Å². The number of benzene rings is 1. The Morgan fingerprint density at radius 1 is 1.20 bits per heavy atom. The fourth-order valence-electron chi connectivity index (χ4n) is 3.21. The van der Waals surface area contributed by atoms with Gasteiger partial charge in [-0.1, -0.05) is 12.1 Å². The van der Waals surface area contributed by atoms with E-state index in [2.05, 4.69) is 9.97 Å². The second kappa shape index (κ2) is 7.42. The SMILES string of the molecule is CC(=O)N1CCCC(Cc2cnc(-c3ccc(C(=O)O)cc3)cn2)C1. The Kier molecular flexibility index (Phi) is 5.07. The van der Waals surface area contributed by atoms with Gasteiger partial charge < -0.3 is 10.0 Å². The lowest BCUT2D eigenvalue weighted by Crippen LogP contribution is -2.39. The van der Waals surface area contributed by atoms with Crippen molar-refractivity contribution in [3.63, 3.8) is 0 Å². The summed E-state index contributed by atoms with van der Waals surface area (Å²) in [6.07, 6.45) is 6.44. The molecule has 0 spiro atoms. The molecule has 2 aromatic rings. The van der Waals surface area contributed by atoms with Crippen LogP contribution in [0.25, 0.3) is 11.3 Å². The van der Waals surface area contributed by atoms with Gasteiger partial charge >= 0.3 is 5.97 Å². The van der Waals surface area contributed by atoms with Crippen LogP contribution in [0.2, 0.25) is 0 Å². The summed E-state index contributed by atoms with van der Waals surface area (Å²) < 4.78 is 0. The van der Waals surface area contributed by atoms with Gasteiger partial charge in [0.1, 0.15) is 0 Å². The molecule has 130 valence electrons. The standard InChI is InChI=1S/C19H21N3O3/c1-13(23)22-8-2-3-14(12-22)9-17-10-21-18(11-20-17)15-4-6-16(7-5-15)19(24)25/h4-7,10-11,14H,2-3,8-9,12H2,1H3,(H,24,25). The zero-order chi connectivity index (χ0) is 17.8. The lowest BCUT2D eigenvalue weighted by molar-refractivity contribution is -0.130. The predicted molar refractivity (Wildman–Crippen MR) is 93.1 cm³/mol. The van der Waals surface area contributed by atoms with E-state index < -0.39 is 5.97 Å². The maximum atomic E-state index is 11.5. The first-order valence-electron chi connectivity index (χ1n) is 8.43. The summed E-state index contributed by atoms with van der Waals surface area (Å²) in [4.78, 5) is 33.3. The number of hydrogen-bond donors (Lipinski definition) is 1. The van der Waals surface area contributed by atoms with Gasteiger partial charge in [0.15, 0.2) is 0 Å². The number of likely N-dealkylation sites (tertiary alicyclic amines) is 1. The number of hydrogen-bond acceptors (Lipinski definition) is 4. The molecule has 1 atom stereocenters. The largest absolute Gasteiger partial charge is 0.478 e. The molecule has 1 saturated heterocycles. The van der Waals surface area contributed by atoms with Crippen molar-refractivity contribution in [3.8, 4) is 11.3 Å². The van der Waals surface area contributed by atoms with Crippen molar-refractivity contribution in [2.24, 2.45) is 5.92 Å². The highest BCUT2D eigenvalue weighted by Crippen LogP contribution is 2.21. The molecular formula is C19H21N3O3. The van der Waals surface area contributed by atoms with Crippen LogP contribution in [0.1, 0.15) is 35.8 Å². The van der Waals surface area contributed by atoms with Gasteiger partial charge in [0.25, 0.3) is 0 Å². The van der Waals surface area contributed by atoms with Crippen LogP contribution in [-0.4, -0.2) is 44.9 Å². The quantitative estimate of drug-likeness (QED) is 0.926. The number of carbonyl (C=O) groups excluding carboxylic acids is 1. The van der Waals surface area contributed by atoms with Crippen LogP contribution >= 0.6 is 0 Å². The van der Waals surface area contributed by atoms with E-state index in [-0.39, 0.29) is 11.5 Å². The Morgan fingerprint density at radius 3 is 2.56 bits per heavy atom. The molecule has 1 aliphatic heterocycles. The molecule has 2 heterocycles. The average Bonchev–Trinajstić information content (AvgIpc) is 2.63. The van der Waals surface area contributed by atoms with Crippen molar-refractivity contribution in [2.75, 3.05) is 13.1 Å². The van der Waals surface area contributed by atoms with E-state index in [0.29, 0.717) is 5.92 Å². The molecule has 0 bridgehead atoms. The first kappa shape index (κ1) is 17.1. The summed E-state index contributed by atoms with van der Waals surface area (Å²) in [5.41, 5.74) is 2.72. The van der Waals surface area contributed by atoms with E-state index in [1.165, 1.54) is 0 Å². The van der Waals surface area contributed by atoms with Gasteiger partial charge in [-0.15, -0.1) is 0 Å². The second-order valence-electron chi connectivity index (χ2n) is 6.45. The van der Waals surface area contributed by atoms with Gasteiger partial charge in [-0.3, -0.25) is 14.8 Å². The third kappa shape index (κ3) is 4.21. The number of carboxylic acids is 1. The molecule has 6 nitrogen and oxygen atoms in total. The molecule has 0 radical (unpaired) electrons. The van der Waals surface area contributed by atoms with Gasteiger partial charge in [0.05, 0.1) is 23.1 Å². The Morgan fingerprint density at radius 2 is 1.96 bits per heavy atom. The minimum absolute atomic E-state index is 0.135. The molecule has 1 fully saturated rings. The zero-order valence-electron chi connectivity index (χ0n) is 14.2. The minimum atomic E-state index is -0.944. The highest BCUT2D eigenvalue weighted by Gasteiger charge is 2.22. The summed E-state index contributed by atoms with van der Waals surface area (Å²) >= 11 is 0. The smallest absolute Gasteiger partial charge is 0.335 e. The van der Waals surface area contributed by atoms with Crippen molar-refractivity contribution >= 4 is 11.9 Å². The number of amides is 1. The molecule has 1 amide bonds. The number of aromatic carboxylic acids is 1. The van der Waals surface area contributed by atoms with Crippen LogP contribution in [0.4, 0.5) is 0 Å². The van der Waals surface area contributed by atoms with Crippen molar-refractivity contribution < 1.29 is 14.7 Å². The number of nitrogens with zero attached hydrogens (tertiary/aromatic N) is 3. The molecule has 1 aliphatic rings. The van der Waals surface area contributed by atoms with E-state index in [4.69, 9.17) is 5.11 Å². The first-order chi connectivity index (χ1) is 12.0. The molecule has 1 unspecified atom stereocenters. The lowest BCUT2D eigenvalue weighted by atomic mass is 9.93. The number of carbonyl (C=O) groups is 2. The molecule has 0 saturated carbocycles. The van der Waals surface area contributed by atoms with Gasteiger partial charge in [-0.25, -0.2) is 4.79 Å². The number of aromatic nitrogens is 2. The highest BCUT2D eigenvalue weighted by atomic mass is 16.4. The monoisotopic (exact) mass is 339 g/mol. The predicted octanol–water partition coefficient (Wildman–Crippen LogP) is 2.64. The van der Waals surface area contributed by atoms with Gasteiger partial charge in [-0.05, 0) is 37.3 Å². The summed E-state index contributed by atoms with van der Waals surface area (Å²) in [5, 5.41) is 8.94. The molecular weight excluding hydrogens is 318 g/mol. The van der Waals surface area contributed by atoms with E-state index >= 15 is 0 Å². The summed E-state index contributed by atoms with van der Waals surface area (Å²) in [5.74, 6) is -0.386. The van der Waals surface area contributed by atoms with Gasteiger partial charge in [0, 0.05) is 31.8 Å². The number of piperidine rings is 1. The third-order valence-electron chi connectivity index (χ3n) is 4.60. The number of rotatable bonds is 4. The zero-order valence-corrected chi connectivity index (χ0v) is 14.2. The fraction of sp³-hybridized carbons (Fsp3) is 0.368. The summed E-state index contributed by atoms with van der Waals surface area (Å²) in [6, 6.07) is 6.59. The van der Waals surface area contributed by atoms with Crippen molar-refractivity contribution in [1.82, 2.24) is 14.9 Å². The van der Waals surface area contributed by atoms with Crippen LogP contribution in [0.15, 0.2) is 36.7 Å². The van der Waals surface area contributed by atoms with Crippen molar-refractivity contribution in [1.29, 1.82) is 0 Å². The van der Waals surface area contributed by atoms with Crippen LogP contribution in [0.5, 0.6) is 0 Å². The normalized spacial score (nSPS) is 17.3. The van der Waals surface area contributed by atoms with E-state index in [0.717, 1.165) is 49.3 Å². The Hall–Kier alpha value is -2.76. The Labute approximate surface area is 146 Å². The fourth-order valence-corrected chi connectivity index (χ4v) is 3.21. The molecule has 25 heavy (non-hydrogen) atoms. The molecule has 0 aliphatic carbocycles. The van der Waals surface area contributed by atoms with Crippen molar-refractivity contribution in [3.05, 3.63) is 47.9 Å². The average molecular weight is 339 g/mol. The van der Waals surface area contributed by atoms with E-state index in [1.54, 1.807) is 43.6 Å². The van der Waals surface area contributed by atoms with Crippen LogP contribution in [-0.2, 0) is 11.2 Å². The van der Waals surface area contributed by atoms with E-state index in [9.17, 15) is 9.59 Å². The maximum absolute atomic E-state index is 11.5. The molecule has 1 N–H and O–H groups in total. The topological polar surface area (TPSA) is 83.4 Å². The molecule has 1 aromatic heterocycles. The van der Waals surface area contributed by atoms with Crippen LogP contribution in [0.3, 0.4) is 0 Å². The summed E-state index contributed by atoms with van der Waals surface area (Å²) in [7, 11) is 0. The van der Waals surface area contributed by atoms with Gasteiger partial charge in [0.2, 0.25) is 5.91 Å². The second-order valence-corrected chi connectivity index (χ2v) is 6.45. The van der Waals surface area contributed by atoms with Crippen molar-refractivity contribution in [2.45, 2.75) is 26.2 Å². The van der Waals surface area contributed by atoms with Gasteiger partial charge in [-0.2, -0.15) is 0 Å². The summed E-state index contributed by atoms with van der Waals surface area (Å²) in [6.45, 7) is 3.25. The van der Waals surface area contributed by atoms with Crippen LogP contribution < -0.4 is 0 Å². The molecule has 1 aromatic carbocycles. The van der Waals surface area contributed by atoms with Crippen LogP contribution in [0, 0.1) is 5.92 Å². The number of carboxylic acid groups (broad SMARTS) is 1. The Bertz CT molecular complexity index is 756. The maximum Gasteiger partial charge on any atom is 0.335 e. The minimum Gasteiger partial charge on any atom is -0.478 e. The molecule has 3 rings (SSSR count).